The van der Waals surface area contributed by atoms with Crippen molar-refractivity contribution in [2.45, 2.75) is 26.3 Å². The summed E-state index contributed by atoms with van der Waals surface area (Å²) in [6, 6.07) is 0.684. The number of nitrogens with one attached hydrogen (secondary N) is 1. The fourth-order valence-corrected chi connectivity index (χ4v) is 1.53. The Balaban J connectivity index is 2.22. The molecule has 1 rings (SSSR count). The number of likely N-dealkylation sites (N-methyl/N-ethyl adjacent to an activating group) is 1. The third-order valence-electron chi connectivity index (χ3n) is 3.01. The van der Waals surface area contributed by atoms with Gasteiger partial charge in [0.2, 0.25) is 0 Å². The van der Waals surface area contributed by atoms with Crippen LogP contribution >= 0.6 is 0 Å². The summed E-state index contributed by atoms with van der Waals surface area (Å²) in [7, 11) is 2.11. The lowest BCUT2D eigenvalue weighted by Crippen LogP contribution is -2.38. The minimum atomic E-state index is 0.0857. The van der Waals surface area contributed by atoms with Crippen molar-refractivity contribution in [2.75, 3.05) is 33.2 Å². The van der Waals surface area contributed by atoms with E-state index in [1.165, 1.54) is 0 Å². The molecule has 0 aromatic rings. The van der Waals surface area contributed by atoms with E-state index in [0.717, 1.165) is 32.6 Å². The molecule has 2 amide bonds. The predicted octanol–water partition coefficient (Wildman–Crippen LogP) is 0.742. The molecule has 0 saturated carbocycles. The van der Waals surface area contributed by atoms with Gasteiger partial charge in [-0.2, -0.15) is 0 Å². The van der Waals surface area contributed by atoms with E-state index in [1.54, 1.807) is 0 Å². The second kappa shape index (κ2) is 5.20. The van der Waals surface area contributed by atoms with Crippen molar-refractivity contribution in [3.8, 4) is 0 Å². The Labute approximate surface area is 86.2 Å². The first-order valence-corrected chi connectivity index (χ1v) is 5.38. The highest BCUT2D eigenvalue weighted by Gasteiger charge is 2.19. The largest absolute Gasteiger partial charge is 0.336 e. The summed E-state index contributed by atoms with van der Waals surface area (Å²) in [6.45, 7) is 7.85. The number of carbonyl (C=O) groups is 1. The van der Waals surface area contributed by atoms with Gasteiger partial charge in [-0.25, -0.2) is 4.79 Å². The van der Waals surface area contributed by atoms with Gasteiger partial charge in [0.1, 0.15) is 0 Å². The smallest absolute Gasteiger partial charge is 0.317 e. The SMILES string of the molecule is CCC(C)N(C)CCN1CCNC1=O. The van der Waals surface area contributed by atoms with Crippen LogP contribution in [0.2, 0.25) is 0 Å². The van der Waals surface area contributed by atoms with Crippen molar-refractivity contribution < 1.29 is 4.79 Å². The molecule has 0 aromatic carbocycles. The summed E-state index contributed by atoms with van der Waals surface area (Å²) >= 11 is 0. The van der Waals surface area contributed by atoms with Crippen molar-refractivity contribution in [1.29, 1.82) is 0 Å². The van der Waals surface area contributed by atoms with Crippen LogP contribution in [0.15, 0.2) is 0 Å². The highest BCUT2D eigenvalue weighted by molar-refractivity contribution is 5.76. The second-order valence-corrected chi connectivity index (χ2v) is 3.96. The molecule has 4 nitrogen and oxygen atoms in total. The number of carbonyl (C=O) groups excluding carboxylic acids is 1. The van der Waals surface area contributed by atoms with E-state index in [2.05, 4.69) is 31.1 Å². The summed E-state index contributed by atoms with van der Waals surface area (Å²) in [5.41, 5.74) is 0. The summed E-state index contributed by atoms with van der Waals surface area (Å²) in [4.78, 5) is 15.4. The van der Waals surface area contributed by atoms with E-state index in [9.17, 15) is 4.79 Å². The molecule has 0 spiro atoms. The topological polar surface area (TPSA) is 35.6 Å². The molecular weight excluding hydrogens is 178 g/mol. The number of urea groups is 1. The Bertz CT molecular complexity index is 196. The average molecular weight is 199 g/mol. The van der Waals surface area contributed by atoms with Crippen molar-refractivity contribution in [3.63, 3.8) is 0 Å². The molecule has 1 heterocycles. The Morgan fingerprint density at radius 3 is 2.86 bits per heavy atom. The van der Waals surface area contributed by atoms with E-state index in [4.69, 9.17) is 0 Å². The van der Waals surface area contributed by atoms with Crippen molar-refractivity contribution in [2.24, 2.45) is 0 Å². The van der Waals surface area contributed by atoms with Crippen LogP contribution in [-0.4, -0.2) is 55.1 Å². The lowest BCUT2D eigenvalue weighted by Gasteiger charge is -2.25. The molecule has 1 N–H and O–H groups in total. The Morgan fingerprint density at radius 2 is 2.36 bits per heavy atom. The van der Waals surface area contributed by atoms with Crippen LogP contribution in [0.25, 0.3) is 0 Å². The lowest BCUT2D eigenvalue weighted by molar-refractivity contribution is 0.195. The summed E-state index contributed by atoms with van der Waals surface area (Å²) in [5.74, 6) is 0. The van der Waals surface area contributed by atoms with Crippen molar-refractivity contribution in [1.82, 2.24) is 15.1 Å². The Morgan fingerprint density at radius 1 is 1.64 bits per heavy atom. The molecule has 0 aromatic heterocycles. The van der Waals surface area contributed by atoms with Crippen LogP contribution < -0.4 is 5.32 Å². The molecule has 1 aliphatic heterocycles. The lowest BCUT2D eigenvalue weighted by atomic mass is 10.2. The summed E-state index contributed by atoms with van der Waals surface area (Å²) in [5, 5.41) is 2.81. The first kappa shape index (κ1) is 11.3. The van der Waals surface area contributed by atoms with Crippen LogP contribution in [0, 0.1) is 0 Å². The fourth-order valence-electron chi connectivity index (χ4n) is 1.53. The van der Waals surface area contributed by atoms with Gasteiger partial charge in [0.15, 0.2) is 0 Å². The number of amides is 2. The maximum atomic E-state index is 11.2. The van der Waals surface area contributed by atoms with Crippen LogP contribution in [0.5, 0.6) is 0 Å². The first-order valence-electron chi connectivity index (χ1n) is 5.38. The fraction of sp³-hybridized carbons (Fsp3) is 0.900. The van der Waals surface area contributed by atoms with Crippen LogP contribution in [0.4, 0.5) is 4.79 Å². The molecule has 0 aliphatic carbocycles. The van der Waals surface area contributed by atoms with E-state index in [-0.39, 0.29) is 6.03 Å². The standard InChI is InChI=1S/C10H21N3O/c1-4-9(2)12(3)7-8-13-6-5-11-10(13)14/h9H,4-8H2,1-3H3,(H,11,14). The minimum Gasteiger partial charge on any atom is -0.336 e. The van der Waals surface area contributed by atoms with Crippen LogP contribution in [0.1, 0.15) is 20.3 Å². The van der Waals surface area contributed by atoms with Gasteiger partial charge in [-0.15, -0.1) is 0 Å². The van der Waals surface area contributed by atoms with Gasteiger partial charge in [-0.3, -0.25) is 0 Å². The molecule has 0 bridgehead atoms. The van der Waals surface area contributed by atoms with Gasteiger partial charge in [0.05, 0.1) is 0 Å². The second-order valence-electron chi connectivity index (χ2n) is 3.96. The van der Waals surface area contributed by atoms with Gasteiger partial charge in [-0.05, 0) is 20.4 Å². The van der Waals surface area contributed by atoms with Crippen LogP contribution in [-0.2, 0) is 0 Å². The highest BCUT2D eigenvalue weighted by Crippen LogP contribution is 2.01. The molecule has 4 heteroatoms. The van der Waals surface area contributed by atoms with Gasteiger partial charge >= 0.3 is 6.03 Å². The molecule has 1 atom stereocenters. The first-order chi connectivity index (χ1) is 6.65. The summed E-state index contributed by atoms with van der Waals surface area (Å²) in [6.07, 6.45) is 1.16. The third-order valence-corrected chi connectivity index (χ3v) is 3.01. The quantitative estimate of drug-likeness (QED) is 0.709. The van der Waals surface area contributed by atoms with Crippen molar-refractivity contribution >= 4 is 6.03 Å². The Hall–Kier alpha value is -0.770. The number of rotatable bonds is 5. The van der Waals surface area contributed by atoms with E-state index in [1.807, 2.05) is 4.90 Å². The van der Waals surface area contributed by atoms with E-state index < -0.39 is 0 Å². The minimum absolute atomic E-state index is 0.0857. The highest BCUT2D eigenvalue weighted by atomic mass is 16.2. The zero-order chi connectivity index (χ0) is 10.6. The molecule has 1 aliphatic rings. The molecule has 14 heavy (non-hydrogen) atoms. The van der Waals surface area contributed by atoms with Gasteiger partial charge in [0, 0.05) is 32.2 Å². The van der Waals surface area contributed by atoms with E-state index in [0.29, 0.717) is 6.04 Å². The molecular formula is C10H21N3O. The normalized spacial score (nSPS) is 18.9. The average Bonchev–Trinajstić information content (AvgIpc) is 2.59. The zero-order valence-electron chi connectivity index (χ0n) is 9.42. The molecule has 0 radical (unpaired) electrons. The molecule has 1 unspecified atom stereocenters. The number of hydrogen-bond donors (Lipinski definition) is 1. The maximum Gasteiger partial charge on any atom is 0.317 e. The van der Waals surface area contributed by atoms with Crippen LogP contribution in [0.3, 0.4) is 0 Å². The number of hydrogen-bond acceptors (Lipinski definition) is 2. The summed E-state index contributed by atoms with van der Waals surface area (Å²) < 4.78 is 0. The van der Waals surface area contributed by atoms with Gasteiger partial charge in [-0.1, -0.05) is 6.92 Å². The van der Waals surface area contributed by atoms with Crippen molar-refractivity contribution in [3.05, 3.63) is 0 Å². The molecule has 1 saturated heterocycles. The van der Waals surface area contributed by atoms with Gasteiger partial charge in [0.25, 0.3) is 0 Å². The number of nitrogens with zero attached hydrogens (tertiary/aromatic N) is 2. The molecule has 82 valence electrons. The van der Waals surface area contributed by atoms with E-state index >= 15 is 0 Å². The maximum absolute atomic E-state index is 11.2. The zero-order valence-corrected chi connectivity index (χ0v) is 9.42. The molecule has 1 fully saturated rings. The predicted molar refractivity (Wildman–Crippen MR) is 57.4 cm³/mol. The monoisotopic (exact) mass is 199 g/mol. The van der Waals surface area contributed by atoms with Gasteiger partial charge < -0.3 is 15.1 Å². The Kier molecular flexibility index (Phi) is 4.20. The third kappa shape index (κ3) is 2.87.